The zero-order chi connectivity index (χ0) is 19.1. The summed E-state index contributed by atoms with van der Waals surface area (Å²) in [6.45, 7) is 2.05. The number of carboxylic acids is 1. The fourth-order valence-electron chi connectivity index (χ4n) is 3.57. The number of para-hydroxylation sites is 2. The van der Waals surface area contributed by atoms with Crippen molar-refractivity contribution in [2.24, 2.45) is 0 Å². The van der Waals surface area contributed by atoms with Crippen molar-refractivity contribution >= 4 is 29.2 Å². The van der Waals surface area contributed by atoms with E-state index < -0.39 is 12.1 Å². The minimum atomic E-state index is -1.12. The number of hydrogen-bond acceptors (Lipinski definition) is 4. The monoisotopic (exact) mass is 366 g/mol. The van der Waals surface area contributed by atoms with Crippen molar-refractivity contribution in [1.29, 1.82) is 0 Å². The summed E-state index contributed by atoms with van der Waals surface area (Å²) in [7, 11) is 0. The number of carboxylic acid groups (broad SMARTS) is 1. The highest BCUT2D eigenvalue weighted by atomic mass is 16.5. The normalized spacial score (nSPS) is 17.7. The van der Waals surface area contributed by atoms with Gasteiger partial charge in [-0.25, -0.2) is 4.79 Å². The number of ether oxygens (including phenoxy) is 1. The first-order chi connectivity index (χ1) is 13.0. The lowest BCUT2D eigenvalue weighted by Crippen LogP contribution is -2.47. The number of nitrogens with zero attached hydrogens (tertiary/aromatic N) is 2. The number of amides is 2. The summed E-state index contributed by atoms with van der Waals surface area (Å²) < 4.78 is 5.49. The Labute approximate surface area is 155 Å². The van der Waals surface area contributed by atoms with Crippen molar-refractivity contribution in [2.45, 2.75) is 19.4 Å². The van der Waals surface area contributed by atoms with Crippen LogP contribution in [0.2, 0.25) is 0 Å². The van der Waals surface area contributed by atoms with Gasteiger partial charge >= 0.3 is 5.97 Å². The summed E-state index contributed by atoms with van der Waals surface area (Å²) >= 11 is 0. The van der Waals surface area contributed by atoms with Crippen molar-refractivity contribution in [1.82, 2.24) is 0 Å². The van der Waals surface area contributed by atoms with Gasteiger partial charge in [-0.3, -0.25) is 9.59 Å². The lowest BCUT2D eigenvalue weighted by molar-refractivity contribution is -0.144. The van der Waals surface area contributed by atoms with Crippen molar-refractivity contribution in [3.63, 3.8) is 0 Å². The van der Waals surface area contributed by atoms with Crippen LogP contribution in [0.25, 0.3) is 0 Å². The highest BCUT2D eigenvalue weighted by Gasteiger charge is 2.34. The van der Waals surface area contributed by atoms with Gasteiger partial charge in [-0.05, 0) is 42.3 Å². The summed E-state index contributed by atoms with van der Waals surface area (Å²) in [5, 5.41) is 9.34. The second-order valence-electron chi connectivity index (χ2n) is 6.59. The molecule has 4 rings (SSSR count). The lowest BCUT2D eigenvalue weighted by Gasteiger charge is -2.33. The number of rotatable bonds is 2. The maximum atomic E-state index is 13.1. The number of carbonyl (C=O) groups excluding carboxylic acids is 2. The fourth-order valence-corrected chi connectivity index (χ4v) is 3.57. The molecule has 0 fully saturated rings. The van der Waals surface area contributed by atoms with Gasteiger partial charge in [0.2, 0.25) is 12.0 Å². The van der Waals surface area contributed by atoms with Crippen LogP contribution in [0.5, 0.6) is 5.75 Å². The number of fused-ring (bicyclic) bond motifs is 2. The lowest BCUT2D eigenvalue weighted by atomic mass is 10.1. The third-order valence-electron chi connectivity index (χ3n) is 4.90. The second-order valence-corrected chi connectivity index (χ2v) is 6.59. The Balaban J connectivity index is 1.69. The van der Waals surface area contributed by atoms with Gasteiger partial charge in [-0.2, -0.15) is 0 Å². The second kappa shape index (κ2) is 6.42. The van der Waals surface area contributed by atoms with Gasteiger partial charge in [0.25, 0.3) is 5.91 Å². The van der Waals surface area contributed by atoms with Crippen LogP contribution in [0.3, 0.4) is 0 Å². The quantitative estimate of drug-likeness (QED) is 0.879. The van der Waals surface area contributed by atoms with Crippen molar-refractivity contribution in [3.8, 4) is 5.75 Å². The first kappa shape index (κ1) is 17.1. The first-order valence-corrected chi connectivity index (χ1v) is 8.67. The van der Waals surface area contributed by atoms with E-state index in [2.05, 4.69) is 0 Å². The predicted molar refractivity (Wildman–Crippen MR) is 98.3 cm³/mol. The topological polar surface area (TPSA) is 87.2 Å². The van der Waals surface area contributed by atoms with Crippen LogP contribution in [0.15, 0.2) is 42.5 Å². The smallest absolute Gasteiger partial charge is 0.346 e. The number of benzene rings is 2. The van der Waals surface area contributed by atoms with E-state index >= 15 is 0 Å². The Hall–Kier alpha value is -3.35. The molecule has 2 aliphatic rings. The molecular formula is C20H18N2O5. The van der Waals surface area contributed by atoms with Crippen LogP contribution in [0.4, 0.5) is 11.4 Å². The van der Waals surface area contributed by atoms with E-state index in [0.29, 0.717) is 30.0 Å². The highest BCUT2D eigenvalue weighted by molar-refractivity contribution is 6.08. The molecular weight excluding hydrogens is 348 g/mol. The van der Waals surface area contributed by atoms with Gasteiger partial charge in [-0.15, -0.1) is 0 Å². The van der Waals surface area contributed by atoms with Crippen LogP contribution in [-0.2, 0) is 16.0 Å². The molecule has 7 nitrogen and oxygen atoms in total. The molecule has 2 aromatic rings. The standard InChI is InChI=1S/C20H18N2O5/c1-12(23)21-9-8-13-10-14(6-7-15(13)21)19(24)22-11-18(20(25)26)27-17-5-3-2-4-16(17)22/h2-7,10,18H,8-9,11H2,1H3,(H,25,26). The van der Waals surface area contributed by atoms with Gasteiger partial charge in [0.15, 0.2) is 0 Å². The Morgan fingerprint density at radius 1 is 1.07 bits per heavy atom. The Morgan fingerprint density at radius 3 is 2.59 bits per heavy atom. The van der Waals surface area contributed by atoms with Gasteiger partial charge < -0.3 is 19.6 Å². The summed E-state index contributed by atoms with van der Waals surface area (Å²) in [5.41, 5.74) is 2.77. The first-order valence-electron chi connectivity index (χ1n) is 8.67. The molecule has 1 N–H and O–H groups in total. The van der Waals surface area contributed by atoms with Crippen LogP contribution in [0.1, 0.15) is 22.8 Å². The van der Waals surface area contributed by atoms with E-state index in [-0.39, 0.29) is 18.4 Å². The van der Waals surface area contributed by atoms with Crippen molar-refractivity contribution < 1.29 is 24.2 Å². The minimum absolute atomic E-state index is 0.0285. The number of hydrogen-bond donors (Lipinski definition) is 1. The molecule has 27 heavy (non-hydrogen) atoms. The molecule has 2 heterocycles. The van der Waals surface area contributed by atoms with Gasteiger partial charge in [0, 0.05) is 24.7 Å². The largest absolute Gasteiger partial charge is 0.478 e. The summed E-state index contributed by atoms with van der Waals surface area (Å²) in [4.78, 5) is 39.4. The molecule has 0 bridgehead atoms. The van der Waals surface area contributed by atoms with Crippen LogP contribution in [-0.4, -0.2) is 42.1 Å². The Morgan fingerprint density at radius 2 is 1.85 bits per heavy atom. The molecule has 2 aromatic carbocycles. The van der Waals surface area contributed by atoms with Gasteiger partial charge in [0.05, 0.1) is 12.2 Å². The average molecular weight is 366 g/mol. The Bertz CT molecular complexity index is 955. The fraction of sp³-hybridized carbons (Fsp3) is 0.250. The molecule has 7 heteroatoms. The van der Waals surface area contributed by atoms with Crippen molar-refractivity contribution in [3.05, 3.63) is 53.6 Å². The molecule has 0 spiro atoms. The molecule has 0 radical (unpaired) electrons. The average Bonchev–Trinajstić information content (AvgIpc) is 3.10. The number of aliphatic carboxylic acids is 1. The van der Waals surface area contributed by atoms with E-state index in [9.17, 15) is 19.5 Å². The van der Waals surface area contributed by atoms with Crippen molar-refractivity contribution in [2.75, 3.05) is 22.9 Å². The zero-order valence-electron chi connectivity index (χ0n) is 14.7. The van der Waals surface area contributed by atoms with Gasteiger partial charge in [-0.1, -0.05) is 12.1 Å². The maximum absolute atomic E-state index is 13.1. The molecule has 138 valence electrons. The molecule has 2 aliphatic heterocycles. The van der Waals surface area contributed by atoms with Crippen LogP contribution < -0.4 is 14.5 Å². The minimum Gasteiger partial charge on any atom is -0.478 e. The molecule has 1 unspecified atom stereocenters. The molecule has 0 aromatic heterocycles. The van der Waals surface area contributed by atoms with E-state index in [1.54, 1.807) is 47.4 Å². The summed E-state index contributed by atoms with van der Waals surface area (Å²) in [6.07, 6.45) is -0.431. The summed E-state index contributed by atoms with van der Waals surface area (Å²) in [5.74, 6) is -1.07. The predicted octanol–water partition coefficient (Wildman–Crippen LogP) is 2.09. The van der Waals surface area contributed by atoms with E-state index in [1.165, 1.54) is 11.8 Å². The molecule has 0 saturated heterocycles. The summed E-state index contributed by atoms with van der Waals surface area (Å²) in [6, 6.07) is 12.1. The molecule has 0 aliphatic carbocycles. The molecule has 2 amide bonds. The molecule has 0 saturated carbocycles. The highest BCUT2D eigenvalue weighted by Crippen LogP contribution is 2.35. The third kappa shape index (κ3) is 2.91. The van der Waals surface area contributed by atoms with E-state index in [4.69, 9.17) is 4.74 Å². The van der Waals surface area contributed by atoms with Gasteiger partial charge in [0.1, 0.15) is 5.75 Å². The zero-order valence-corrected chi connectivity index (χ0v) is 14.7. The maximum Gasteiger partial charge on any atom is 0.346 e. The number of carbonyl (C=O) groups is 3. The number of anilines is 2. The Kier molecular flexibility index (Phi) is 4.07. The van der Waals surface area contributed by atoms with E-state index in [1.807, 2.05) is 0 Å². The van der Waals surface area contributed by atoms with Crippen LogP contribution >= 0.6 is 0 Å². The van der Waals surface area contributed by atoms with E-state index in [0.717, 1.165) is 11.3 Å². The van der Waals surface area contributed by atoms with Crippen LogP contribution in [0, 0.1) is 0 Å². The molecule has 1 atom stereocenters. The SMILES string of the molecule is CC(=O)N1CCc2cc(C(=O)N3CC(C(=O)O)Oc4ccccc43)ccc21. The third-order valence-corrected chi connectivity index (χ3v) is 4.90.